The van der Waals surface area contributed by atoms with Crippen molar-refractivity contribution in [2.45, 2.75) is 19.8 Å². The van der Waals surface area contributed by atoms with E-state index in [9.17, 15) is 18.0 Å². The Morgan fingerprint density at radius 2 is 2.17 bits per heavy atom. The summed E-state index contributed by atoms with van der Waals surface area (Å²) in [6.45, 7) is 5.90. The van der Waals surface area contributed by atoms with Crippen LogP contribution in [0.25, 0.3) is 5.57 Å². The SMILES string of the molecule is C=C/C(=C\C=C(/C)c1ccc2c(c1)C(=O)N(Cc1ncco1)CCO2)OC(F)(F)F. The van der Waals surface area contributed by atoms with Gasteiger partial charge in [0, 0.05) is 0 Å². The largest absolute Gasteiger partial charge is 0.573 e. The number of benzene rings is 1. The molecule has 0 saturated carbocycles. The first-order chi connectivity index (χ1) is 14.3. The number of hydrogen-bond donors (Lipinski definition) is 0. The monoisotopic (exact) mass is 420 g/mol. The highest BCUT2D eigenvalue weighted by atomic mass is 19.4. The topological polar surface area (TPSA) is 64.8 Å². The molecule has 1 aliphatic rings. The Kier molecular flexibility index (Phi) is 6.29. The lowest BCUT2D eigenvalue weighted by Gasteiger charge is -2.18. The molecule has 0 saturated heterocycles. The lowest BCUT2D eigenvalue weighted by molar-refractivity contribution is -0.303. The van der Waals surface area contributed by atoms with Gasteiger partial charge in [0.15, 0.2) is 0 Å². The number of rotatable bonds is 6. The number of fused-ring (bicyclic) bond motifs is 1. The average Bonchev–Trinajstić information content (AvgIpc) is 3.16. The summed E-state index contributed by atoms with van der Waals surface area (Å²) >= 11 is 0. The highest BCUT2D eigenvalue weighted by Gasteiger charge is 2.31. The maximum Gasteiger partial charge on any atom is 0.573 e. The van der Waals surface area contributed by atoms with Gasteiger partial charge in [0.2, 0.25) is 5.89 Å². The second kappa shape index (κ2) is 8.89. The van der Waals surface area contributed by atoms with Crippen LogP contribution in [0.3, 0.4) is 0 Å². The molecule has 6 nitrogen and oxygen atoms in total. The third-order valence-corrected chi connectivity index (χ3v) is 4.31. The van der Waals surface area contributed by atoms with Gasteiger partial charge in [0.05, 0.1) is 24.8 Å². The van der Waals surface area contributed by atoms with Crippen LogP contribution < -0.4 is 4.74 Å². The number of nitrogens with zero attached hydrogens (tertiary/aromatic N) is 2. The summed E-state index contributed by atoms with van der Waals surface area (Å²) in [7, 11) is 0. The lowest BCUT2D eigenvalue weighted by Crippen LogP contribution is -2.32. The molecule has 0 spiro atoms. The molecule has 9 heteroatoms. The fourth-order valence-electron chi connectivity index (χ4n) is 2.83. The van der Waals surface area contributed by atoms with Gasteiger partial charge in [0.25, 0.3) is 5.91 Å². The zero-order valence-electron chi connectivity index (χ0n) is 16.1. The number of hydrogen-bond acceptors (Lipinski definition) is 5. The van der Waals surface area contributed by atoms with Crippen LogP contribution in [-0.4, -0.2) is 35.3 Å². The van der Waals surface area contributed by atoms with Crippen LogP contribution in [0.1, 0.15) is 28.7 Å². The van der Waals surface area contributed by atoms with E-state index >= 15 is 0 Å². The summed E-state index contributed by atoms with van der Waals surface area (Å²) in [6.07, 6.45) is 1.71. The van der Waals surface area contributed by atoms with Crippen molar-refractivity contribution in [3.05, 3.63) is 78.2 Å². The standard InChI is InChI=1S/C21H19F3N2O4/c1-3-16(30-21(22,23)24)6-4-14(2)15-5-7-18-17(12-15)20(27)26(9-11-28-18)13-19-25-8-10-29-19/h3-8,10,12H,1,9,11,13H2,2H3/b14-4+,16-6+. The maximum absolute atomic E-state index is 13.0. The van der Waals surface area contributed by atoms with Gasteiger partial charge in [-0.1, -0.05) is 18.7 Å². The predicted octanol–water partition coefficient (Wildman–Crippen LogP) is 4.72. The molecule has 1 aliphatic heterocycles. The maximum atomic E-state index is 13.0. The van der Waals surface area contributed by atoms with Crippen LogP contribution in [0.2, 0.25) is 0 Å². The molecule has 158 valence electrons. The number of carbonyl (C=O) groups excluding carboxylic acids is 1. The van der Waals surface area contributed by atoms with Crippen LogP contribution in [0.15, 0.2) is 65.6 Å². The van der Waals surface area contributed by atoms with Crippen LogP contribution in [0.5, 0.6) is 5.75 Å². The second-order valence-electron chi connectivity index (χ2n) is 6.38. The molecular formula is C21H19F3N2O4. The first-order valence-electron chi connectivity index (χ1n) is 8.98. The Balaban J connectivity index is 1.85. The van der Waals surface area contributed by atoms with E-state index in [0.29, 0.717) is 41.5 Å². The fourth-order valence-corrected chi connectivity index (χ4v) is 2.83. The van der Waals surface area contributed by atoms with Crippen molar-refractivity contribution in [2.75, 3.05) is 13.2 Å². The van der Waals surface area contributed by atoms with E-state index in [2.05, 4.69) is 16.3 Å². The van der Waals surface area contributed by atoms with E-state index in [-0.39, 0.29) is 12.5 Å². The van der Waals surface area contributed by atoms with Crippen LogP contribution in [0, 0.1) is 0 Å². The number of amides is 1. The minimum Gasteiger partial charge on any atom is -0.491 e. The Bertz CT molecular complexity index is 979. The van der Waals surface area contributed by atoms with Gasteiger partial charge in [0.1, 0.15) is 24.4 Å². The van der Waals surface area contributed by atoms with E-state index in [1.165, 1.54) is 18.5 Å². The summed E-state index contributed by atoms with van der Waals surface area (Å²) in [4.78, 5) is 18.6. The molecule has 0 aliphatic carbocycles. The van der Waals surface area contributed by atoms with Crippen molar-refractivity contribution in [3.63, 3.8) is 0 Å². The Morgan fingerprint density at radius 1 is 1.37 bits per heavy atom. The zero-order valence-corrected chi connectivity index (χ0v) is 16.1. The lowest BCUT2D eigenvalue weighted by atomic mass is 10.0. The van der Waals surface area contributed by atoms with Gasteiger partial charge in [-0.3, -0.25) is 4.79 Å². The molecule has 0 bridgehead atoms. The van der Waals surface area contributed by atoms with Crippen molar-refractivity contribution in [3.8, 4) is 5.75 Å². The highest BCUT2D eigenvalue weighted by Crippen LogP contribution is 2.28. The molecular weight excluding hydrogens is 401 g/mol. The summed E-state index contributed by atoms with van der Waals surface area (Å²) in [6, 6.07) is 5.04. The molecule has 0 unspecified atom stereocenters. The van der Waals surface area contributed by atoms with E-state index in [0.717, 1.165) is 12.2 Å². The Labute approximate surface area is 170 Å². The van der Waals surface area contributed by atoms with Crippen molar-refractivity contribution in [2.24, 2.45) is 0 Å². The van der Waals surface area contributed by atoms with Gasteiger partial charge < -0.3 is 18.8 Å². The predicted molar refractivity (Wildman–Crippen MR) is 102 cm³/mol. The van der Waals surface area contributed by atoms with Gasteiger partial charge in [-0.2, -0.15) is 0 Å². The van der Waals surface area contributed by atoms with Crippen molar-refractivity contribution in [1.82, 2.24) is 9.88 Å². The number of allylic oxidation sites excluding steroid dienone is 4. The molecule has 2 aromatic rings. The first-order valence-corrected chi connectivity index (χ1v) is 8.98. The number of ether oxygens (including phenoxy) is 2. The number of carbonyl (C=O) groups is 1. The molecule has 3 rings (SSSR count). The minimum absolute atomic E-state index is 0.202. The van der Waals surface area contributed by atoms with Gasteiger partial charge in [-0.25, -0.2) is 4.98 Å². The Hall–Kier alpha value is -3.49. The number of halogens is 3. The first kappa shape index (κ1) is 21.2. The molecule has 0 radical (unpaired) electrons. The Morgan fingerprint density at radius 3 is 2.83 bits per heavy atom. The highest BCUT2D eigenvalue weighted by molar-refractivity contribution is 5.98. The molecule has 0 N–H and O–H groups in total. The molecule has 2 heterocycles. The van der Waals surface area contributed by atoms with Crippen LogP contribution >= 0.6 is 0 Å². The number of alkyl halides is 3. The van der Waals surface area contributed by atoms with Crippen LogP contribution in [0.4, 0.5) is 13.2 Å². The molecule has 1 aromatic carbocycles. The summed E-state index contributed by atoms with van der Waals surface area (Å²) in [5.74, 6) is 0.159. The number of oxazole rings is 1. The minimum atomic E-state index is -4.80. The average molecular weight is 420 g/mol. The fraction of sp³-hybridized carbons (Fsp3) is 0.238. The van der Waals surface area contributed by atoms with Crippen molar-refractivity contribution >= 4 is 11.5 Å². The molecule has 30 heavy (non-hydrogen) atoms. The van der Waals surface area contributed by atoms with Gasteiger partial charge in [-0.15, -0.1) is 13.2 Å². The van der Waals surface area contributed by atoms with E-state index in [1.54, 1.807) is 30.0 Å². The molecule has 0 fully saturated rings. The van der Waals surface area contributed by atoms with Crippen molar-refractivity contribution < 1.29 is 31.9 Å². The normalized spacial score (nSPS) is 15.3. The van der Waals surface area contributed by atoms with Crippen molar-refractivity contribution in [1.29, 1.82) is 0 Å². The van der Waals surface area contributed by atoms with Crippen LogP contribution in [-0.2, 0) is 11.3 Å². The third-order valence-electron chi connectivity index (χ3n) is 4.31. The molecule has 1 aromatic heterocycles. The summed E-state index contributed by atoms with van der Waals surface area (Å²) < 4.78 is 51.9. The number of aromatic nitrogens is 1. The summed E-state index contributed by atoms with van der Waals surface area (Å²) in [5.41, 5.74) is 1.62. The molecule has 0 atom stereocenters. The third kappa shape index (κ3) is 5.31. The molecule has 1 amide bonds. The van der Waals surface area contributed by atoms with E-state index < -0.39 is 12.1 Å². The quantitative estimate of drug-likeness (QED) is 0.500. The van der Waals surface area contributed by atoms with E-state index in [4.69, 9.17) is 9.15 Å². The zero-order chi connectivity index (χ0) is 21.7. The second-order valence-corrected chi connectivity index (χ2v) is 6.38. The van der Waals surface area contributed by atoms with Gasteiger partial charge in [-0.05, 0) is 42.3 Å². The van der Waals surface area contributed by atoms with E-state index in [1.807, 2.05) is 0 Å². The van der Waals surface area contributed by atoms with Gasteiger partial charge >= 0.3 is 6.36 Å². The summed E-state index contributed by atoms with van der Waals surface area (Å²) in [5, 5.41) is 0. The smallest absolute Gasteiger partial charge is 0.491 e.